The number of halogens is 1. The van der Waals surface area contributed by atoms with Crippen LogP contribution < -0.4 is 16.8 Å². The van der Waals surface area contributed by atoms with Crippen molar-refractivity contribution in [3.8, 4) is 0 Å². The van der Waals surface area contributed by atoms with Crippen molar-refractivity contribution in [2.45, 2.75) is 0 Å². The number of rotatable bonds is 0. The van der Waals surface area contributed by atoms with Crippen molar-refractivity contribution >= 4 is 44.4 Å². The van der Waals surface area contributed by atoms with Crippen molar-refractivity contribution in [1.82, 2.24) is 18.7 Å². The van der Waals surface area contributed by atoms with E-state index in [9.17, 15) is 14.4 Å². The van der Waals surface area contributed by atoms with Gasteiger partial charge in [-0.05, 0) is 24.3 Å². The average molecular weight is 357 g/mol. The molecule has 1 aromatic carbocycles. The lowest BCUT2D eigenvalue weighted by molar-refractivity contribution is 0.691. The standard InChI is InChI=1S/C17H13ClN4O3/c1-20-14-12(16(24)22(3)17(25)21(14)2)13-10(15(20)23)7-8-6-9(18)4-5-11(8)19-13/h4-7H,1-3H3. The molecule has 0 saturated heterocycles. The highest BCUT2D eigenvalue weighted by molar-refractivity contribution is 6.31. The second kappa shape index (κ2) is 5.03. The fourth-order valence-corrected chi connectivity index (χ4v) is 3.39. The molecule has 8 heteroatoms. The molecule has 4 aromatic rings. The average Bonchev–Trinajstić information content (AvgIpc) is 2.59. The zero-order valence-electron chi connectivity index (χ0n) is 13.7. The van der Waals surface area contributed by atoms with Crippen LogP contribution in [0.4, 0.5) is 0 Å². The minimum absolute atomic E-state index is 0.235. The van der Waals surface area contributed by atoms with E-state index in [2.05, 4.69) is 4.98 Å². The molecule has 0 N–H and O–H groups in total. The SMILES string of the molecule is Cn1c(=O)c2c3nc4ccc(Cl)cc4cc3c(=O)n(C)c2n(C)c1=O. The molecule has 0 aliphatic carbocycles. The van der Waals surface area contributed by atoms with Gasteiger partial charge in [0.25, 0.3) is 11.1 Å². The van der Waals surface area contributed by atoms with Crippen LogP contribution in [-0.2, 0) is 21.1 Å². The molecule has 0 bridgehead atoms. The van der Waals surface area contributed by atoms with Crippen molar-refractivity contribution in [2.24, 2.45) is 21.1 Å². The van der Waals surface area contributed by atoms with Crippen LogP contribution in [0.5, 0.6) is 0 Å². The van der Waals surface area contributed by atoms with E-state index in [4.69, 9.17) is 11.6 Å². The Morgan fingerprint density at radius 3 is 2.36 bits per heavy atom. The van der Waals surface area contributed by atoms with E-state index >= 15 is 0 Å². The van der Waals surface area contributed by atoms with Gasteiger partial charge in [0, 0.05) is 31.6 Å². The van der Waals surface area contributed by atoms with Gasteiger partial charge < -0.3 is 0 Å². The molecule has 0 aliphatic heterocycles. The molecule has 0 atom stereocenters. The molecule has 7 nitrogen and oxygen atoms in total. The smallest absolute Gasteiger partial charge is 0.296 e. The molecular formula is C17H13ClN4O3. The topological polar surface area (TPSA) is 78.9 Å². The summed E-state index contributed by atoms with van der Waals surface area (Å²) in [4.78, 5) is 42.3. The predicted molar refractivity (Wildman–Crippen MR) is 97.5 cm³/mol. The number of fused-ring (bicyclic) bond motifs is 4. The van der Waals surface area contributed by atoms with Gasteiger partial charge in [0.05, 0.1) is 16.4 Å². The third-order valence-electron chi connectivity index (χ3n) is 4.50. The lowest BCUT2D eigenvalue weighted by Gasteiger charge is -2.13. The van der Waals surface area contributed by atoms with Gasteiger partial charge in [-0.1, -0.05) is 11.6 Å². The Bertz CT molecular complexity index is 1400. The molecular weight excluding hydrogens is 344 g/mol. The monoisotopic (exact) mass is 356 g/mol. The third-order valence-corrected chi connectivity index (χ3v) is 4.74. The second-order valence-corrected chi connectivity index (χ2v) is 6.43. The van der Waals surface area contributed by atoms with E-state index in [1.807, 2.05) is 0 Å². The lowest BCUT2D eigenvalue weighted by atomic mass is 10.1. The molecule has 3 heterocycles. The first-order chi connectivity index (χ1) is 11.8. The summed E-state index contributed by atoms with van der Waals surface area (Å²) in [6.45, 7) is 0. The third kappa shape index (κ3) is 1.99. The van der Waals surface area contributed by atoms with Crippen molar-refractivity contribution in [1.29, 1.82) is 0 Å². The van der Waals surface area contributed by atoms with Crippen molar-refractivity contribution in [3.63, 3.8) is 0 Å². The van der Waals surface area contributed by atoms with Crippen LogP contribution in [0.1, 0.15) is 0 Å². The van der Waals surface area contributed by atoms with Crippen LogP contribution in [0.25, 0.3) is 32.8 Å². The largest absolute Gasteiger partial charge is 0.332 e. The number of hydrogen-bond acceptors (Lipinski definition) is 4. The van der Waals surface area contributed by atoms with Gasteiger partial charge in [0.15, 0.2) is 0 Å². The molecule has 0 radical (unpaired) electrons. The number of pyridine rings is 2. The Kier molecular flexibility index (Phi) is 3.14. The van der Waals surface area contributed by atoms with Gasteiger partial charge in [-0.15, -0.1) is 0 Å². The van der Waals surface area contributed by atoms with Crippen molar-refractivity contribution < 1.29 is 0 Å². The first-order valence-electron chi connectivity index (χ1n) is 7.50. The summed E-state index contributed by atoms with van der Waals surface area (Å²) in [6, 6.07) is 6.81. The Labute approximate surface area is 145 Å². The molecule has 4 rings (SSSR count). The summed E-state index contributed by atoms with van der Waals surface area (Å²) >= 11 is 6.02. The van der Waals surface area contributed by atoms with E-state index < -0.39 is 11.2 Å². The van der Waals surface area contributed by atoms with Crippen LogP contribution in [0.3, 0.4) is 0 Å². The molecule has 0 saturated carbocycles. The van der Waals surface area contributed by atoms with Gasteiger partial charge in [-0.25, -0.2) is 9.78 Å². The van der Waals surface area contributed by atoms with Crippen LogP contribution in [0.2, 0.25) is 5.02 Å². The quantitative estimate of drug-likeness (QED) is 0.351. The number of hydrogen-bond donors (Lipinski definition) is 0. The maximum absolute atomic E-state index is 12.8. The molecule has 126 valence electrons. The van der Waals surface area contributed by atoms with E-state index in [-0.39, 0.29) is 22.1 Å². The number of nitrogens with zero attached hydrogens (tertiary/aromatic N) is 4. The molecule has 25 heavy (non-hydrogen) atoms. The van der Waals surface area contributed by atoms with Gasteiger partial charge in [0.2, 0.25) is 0 Å². The Morgan fingerprint density at radius 1 is 0.920 bits per heavy atom. The summed E-state index contributed by atoms with van der Waals surface area (Å²) in [5.74, 6) is 0. The Morgan fingerprint density at radius 2 is 1.64 bits per heavy atom. The van der Waals surface area contributed by atoms with Crippen LogP contribution >= 0.6 is 11.6 Å². The predicted octanol–water partition coefficient (Wildman–Crippen LogP) is 1.29. The minimum atomic E-state index is -0.501. The first-order valence-corrected chi connectivity index (χ1v) is 7.88. The van der Waals surface area contributed by atoms with Crippen LogP contribution in [-0.4, -0.2) is 18.7 Å². The Hall–Kier alpha value is -2.93. The van der Waals surface area contributed by atoms with E-state index in [0.29, 0.717) is 21.3 Å². The second-order valence-electron chi connectivity index (χ2n) is 5.99. The maximum atomic E-state index is 12.8. The highest BCUT2D eigenvalue weighted by atomic mass is 35.5. The molecule has 0 fully saturated rings. The van der Waals surface area contributed by atoms with Gasteiger partial charge in [-0.3, -0.25) is 23.3 Å². The lowest BCUT2D eigenvalue weighted by Crippen LogP contribution is -2.39. The fraction of sp³-hybridized carbons (Fsp3) is 0.176. The highest BCUT2D eigenvalue weighted by Crippen LogP contribution is 2.24. The summed E-state index contributed by atoms with van der Waals surface area (Å²) in [5.41, 5.74) is -0.183. The van der Waals surface area contributed by atoms with E-state index in [1.165, 1.54) is 30.3 Å². The van der Waals surface area contributed by atoms with E-state index in [1.54, 1.807) is 24.3 Å². The highest BCUT2D eigenvalue weighted by Gasteiger charge is 2.18. The summed E-state index contributed by atoms with van der Waals surface area (Å²) in [6.07, 6.45) is 0. The van der Waals surface area contributed by atoms with Gasteiger partial charge in [0.1, 0.15) is 11.0 Å². The molecule has 0 amide bonds. The van der Waals surface area contributed by atoms with Crippen LogP contribution in [0.15, 0.2) is 38.6 Å². The Balaban J connectivity index is 2.43. The zero-order chi connectivity index (χ0) is 18.0. The fourth-order valence-electron chi connectivity index (χ4n) is 3.21. The number of aromatic nitrogens is 4. The summed E-state index contributed by atoms with van der Waals surface area (Å²) in [7, 11) is 4.46. The minimum Gasteiger partial charge on any atom is -0.296 e. The van der Waals surface area contributed by atoms with Gasteiger partial charge in [-0.2, -0.15) is 0 Å². The first kappa shape index (κ1) is 15.6. The van der Waals surface area contributed by atoms with Crippen molar-refractivity contribution in [3.05, 3.63) is 60.5 Å². The number of benzene rings is 1. The molecule has 0 unspecified atom stereocenters. The normalized spacial score (nSPS) is 11.7. The molecule has 0 aliphatic rings. The summed E-state index contributed by atoms with van der Waals surface area (Å²) < 4.78 is 3.60. The molecule has 0 spiro atoms. The molecule has 3 aromatic heterocycles. The maximum Gasteiger partial charge on any atom is 0.332 e. The summed E-state index contributed by atoms with van der Waals surface area (Å²) in [5, 5.41) is 1.78. The number of aryl methyl sites for hydroxylation is 2. The van der Waals surface area contributed by atoms with E-state index in [0.717, 1.165) is 4.57 Å². The zero-order valence-corrected chi connectivity index (χ0v) is 14.5. The van der Waals surface area contributed by atoms with Gasteiger partial charge >= 0.3 is 5.69 Å². The van der Waals surface area contributed by atoms with Crippen LogP contribution in [0, 0.1) is 0 Å². The van der Waals surface area contributed by atoms with Crippen molar-refractivity contribution in [2.75, 3.05) is 0 Å².